The summed E-state index contributed by atoms with van der Waals surface area (Å²) in [5, 5.41) is 3.33. The first-order chi connectivity index (χ1) is 6.77. The molecule has 1 aromatic heterocycles. The van der Waals surface area contributed by atoms with Crippen LogP contribution >= 0.6 is 0 Å². The highest BCUT2D eigenvalue weighted by Gasteiger charge is 2.13. The Morgan fingerprint density at radius 3 is 2.71 bits per heavy atom. The Morgan fingerprint density at radius 2 is 2.00 bits per heavy atom. The SMILES string of the molecule is Cc1ncc(C)c(N2CCNCC2)n1. The number of rotatable bonds is 1. The molecule has 1 aliphatic rings. The predicted octanol–water partition coefficient (Wildman–Crippen LogP) is 0.503. The third kappa shape index (κ3) is 1.85. The summed E-state index contributed by atoms with van der Waals surface area (Å²) in [4.78, 5) is 11.0. The van der Waals surface area contributed by atoms with Crippen molar-refractivity contribution in [3.63, 3.8) is 0 Å². The molecule has 1 fully saturated rings. The van der Waals surface area contributed by atoms with E-state index in [1.807, 2.05) is 13.1 Å². The molecule has 4 heteroatoms. The number of aromatic nitrogens is 2. The van der Waals surface area contributed by atoms with Gasteiger partial charge in [0.05, 0.1) is 0 Å². The summed E-state index contributed by atoms with van der Waals surface area (Å²) in [6.07, 6.45) is 1.90. The van der Waals surface area contributed by atoms with Gasteiger partial charge in [-0.05, 0) is 13.8 Å². The topological polar surface area (TPSA) is 41.1 Å². The zero-order chi connectivity index (χ0) is 9.97. The van der Waals surface area contributed by atoms with Gasteiger partial charge in [-0.3, -0.25) is 0 Å². The van der Waals surface area contributed by atoms with E-state index < -0.39 is 0 Å². The second kappa shape index (κ2) is 3.92. The fourth-order valence-electron chi connectivity index (χ4n) is 1.72. The monoisotopic (exact) mass is 192 g/mol. The molecule has 0 bridgehead atoms. The molecule has 1 aromatic rings. The number of piperazine rings is 1. The standard InChI is InChI=1S/C10H16N4/c1-8-7-12-9(2)13-10(8)14-5-3-11-4-6-14/h7,11H,3-6H2,1-2H3. The summed E-state index contributed by atoms with van der Waals surface area (Å²) in [7, 11) is 0. The van der Waals surface area contributed by atoms with Crippen LogP contribution < -0.4 is 10.2 Å². The lowest BCUT2D eigenvalue weighted by Gasteiger charge is -2.29. The zero-order valence-electron chi connectivity index (χ0n) is 8.75. The van der Waals surface area contributed by atoms with Crippen molar-refractivity contribution >= 4 is 5.82 Å². The van der Waals surface area contributed by atoms with E-state index in [2.05, 4.69) is 27.1 Å². The number of nitrogens with zero attached hydrogens (tertiary/aromatic N) is 3. The van der Waals surface area contributed by atoms with Crippen LogP contribution in [0.25, 0.3) is 0 Å². The lowest BCUT2D eigenvalue weighted by molar-refractivity contribution is 0.583. The lowest BCUT2D eigenvalue weighted by Crippen LogP contribution is -2.44. The van der Waals surface area contributed by atoms with Crippen LogP contribution in [0.15, 0.2) is 6.20 Å². The molecule has 0 spiro atoms. The highest BCUT2D eigenvalue weighted by molar-refractivity contribution is 5.45. The molecule has 76 valence electrons. The molecule has 0 amide bonds. The van der Waals surface area contributed by atoms with Gasteiger partial charge in [-0.2, -0.15) is 0 Å². The zero-order valence-corrected chi connectivity index (χ0v) is 8.75. The average molecular weight is 192 g/mol. The van der Waals surface area contributed by atoms with Crippen molar-refractivity contribution in [2.45, 2.75) is 13.8 Å². The first-order valence-electron chi connectivity index (χ1n) is 5.03. The van der Waals surface area contributed by atoms with Gasteiger partial charge in [-0.15, -0.1) is 0 Å². The van der Waals surface area contributed by atoms with Gasteiger partial charge in [-0.25, -0.2) is 9.97 Å². The Bertz CT molecular complexity index is 318. The van der Waals surface area contributed by atoms with E-state index in [-0.39, 0.29) is 0 Å². The van der Waals surface area contributed by atoms with Gasteiger partial charge in [0.2, 0.25) is 0 Å². The minimum Gasteiger partial charge on any atom is -0.354 e. The molecule has 2 heterocycles. The van der Waals surface area contributed by atoms with Gasteiger partial charge < -0.3 is 10.2 Å². The van der Waals surface area contributed by atoms with Crippen molar-refractivity contribution in [1.82, 2.24) is 15.3 Å². The molecule has 4 nitrogen and oxygen atoms in total. The quantitative estimate of drug-likeness (QED) is 0.703. The van der Waals surface area contributed by atoms with Crippen LogP contribution in [0.1, 0.15) is 11.4 Å². The van der Waals surface area contributed by atoms with E-state index in [0.29, 0.717) is 0 Å². The summed E-state index contributed by atoms with van der Waals surface area (Å²) in [6.45, 7) is 8.17. The fourth-order valence-corrected chi connectivity index (χ4v) is 1.72. The molecule has 0 radical (unpaired) electrons. The van der Waals surface area contributed by atoms with Crippen LogP contribution in [0.2, 0.25) is 0 Å². The summed E-state index contributed by atoms with van der Waals surface area (Å²) in [5.41, 5.74) is 1.16. The lowest BCUT2D eigenvalue weighted by atomic mass is 10.3. The maximum absolute atomic E-state index is 4.48. The molecule has 0 atom stereocenters. The van der Waals surface area contributed by atoms with Crippen LogP contribution in [0.5, 0.6) is 0 Å². The second-order valence-corrected chi connectivity index (χ2v) is 3.66. The summed E-state index contributed by atoms with van der Waals surface area (Å²) in [5.74, 6) is 1.95. The number of aryl methyl sites for hydroxylation is 2. The van der Waals surface area contributed by atoms with Crippen LogP contribution in [-0.2, 0) is 0 Å². The molecule has 0 unspecified atom stereocenters. The van der Waals surface area contributed by atoms with Gasteiger partial charge in [0.15, 0.2) is 0 Å². The molecule has 2 rings (SSSR count). The fraction of sp³-hybridized carbons (Fsp3) is 0.600. The van der Waals surface area contributed by atoms with Crippen LogP contribution in [0.4, 0.5) is 5.82 Å². The first kappa shape index (κ1) is 9.40. The maximum Gasteiger partial charge on any atom is 0.135 e. The molecular weight excluding hydrogens is 176 g/mol. The molecule has 14 heavy (non-hydrogen) atoms. The summed E-state index contributed by atoms with van der Waals surface area (Å²) in [6, 6.07) is 0. The second-order valence-electron chi connectivity index (χ2n) is 3.66. The van der Waals surface area contributed by atoms with E-state index in [4.69, 9.17) is 0 Å². The van der Waals surface area contributed by atoms with Crippen molar-refractivity contribution in [1.29, 1.82) is 0 Å². The molecule has 1 saturated heterocycles. The highest BCUT2D eigenvalue weighted by atomic mass is 15.2. The van der Waals surface area contributed by atoms with E-state index in [9.17, 15) is 0 Å². The predicted molar refractivity (Wildman–Crippen MR) is 56.6 cm³/mol. The van der Waals surface area contributed by atoms with E-state index in [1.165, 1.54) is 0 Å². The third-order valence-electron chi connectivity index (χ3n) is 2.48. The van der Waals surface area contributed by atoms with Crippen LogP contribution in [-0.4, -0.2) is 36.1 Å². The molecule has 1 aliphatic heterocycles. The minimum atomic E-state index is 0.851. The summed E-state index contributed by atoms with van der Waals surface area (Å²) >= 11 is 0. The average Bonchev–Trinajstić information content (AvgIpc) is 2.23. The van der Waals surface area contributed by atoms with E-state index in [0.717, 1.165) is 43.4 Å². The minimum absolute atomic E-state index is 0.851. The Kier molecular flexibility index (Phi) is 2.63. The van der Waals surface area contributed by atoms with Crippen molar-refractivity contribution in [3.05, 3.63) is 17.6 Å². The van der Waals surface area contributed by atoms with Gasteiger partial charge in [0, 0.05) is 37.9 Å². The Hall–Kier alpha value is -1.16. The maximum atomic E-state index is 4.48. The molecule has 1 N–H and O–H groups in total. The van der Waals surface area contributed by atoms with Gasteiger partial charge >= 0.3 is 0 Å². The number of hydrogen-bond acceptors (Lipinski definition) is 4. The van der Waals surface area contributed by atoms with E-state index in [1.54, 1.807) is 0 Å². The Morgan fingerprint density at radius 1 is 1.29 bits per heavy atom. The molecular formula is C10H16N4. The van der Waals surface area contributed by atoms with Gasteiger partial charge in [-0.1, -0.05) is 0 Å². The molecule has 0 saturated carbocycles. The van der Waals surface area contributed by atoms with Gasteiger partial charge in [0.25, 0.3) is 0 Å². The van der Waals surface area contributed by atoms with Crippen molar-refractivity contribution < 1.29 is 0 Å². The number of hydrogen-bond donors (Lipinski definition) is 1. The largest absolute Gasteiger partial charge is 0.354 e. The Balaban J connectivity index is 2.24. The van der Waals surface area contributed by atoms with Crippen molar-refractivity contribution in [2.24, 2.45) is 0 Å². The molecule has 0 aromatic carbocycles. The third-order valence-corrected chi connectivity index (χ3v) is 2.48. The van der Waals surface area contributed by atoms with E-state index >= 15 is 0 Å². The highest BCUT2D eigenvalue weighted by Crippen LogP contribution is 2.16. The smallest absolute Gasteiger partial charge is 0.135 e. The number of anilines is 1. The molecule has 0 aliphatic carbocycles. The van der Waals surface area contributed by atoms with Crippen LogP contribution in [0.3, 0.4) is 0 Å². The van der Waals surface area contributed by atoms with Gasteiger partial charge in [0.1, 0.15) is 11.6 Å². The number of nitrogens with one attached hydrogen (secondary N) is 1. The van der Waals surface area contributed by atoms with Crippen molar-refractivity contribution in [3.8, 4) is 0 Å². The first-order valence-corrected chi connectivity index (χ1v) is 5.03. The normalized spacial score (nSPS) is 17.1. The summed E-state index contributed by atoms with van der Waals surface area (Å²) < 4.78 is 0. The van der Waals surface area contributed by atoms with Crippen molar-refractivity contribution in [2.75, 3.05) is 31.1 Å². The Labute approximate surface area is 84.4 Å². The van der Waals surface area contributed by atoms with Crippen LogP contribution in [0, 0.1) is 13.8 Å².